The number of benzene rings is 2. The van der Waals surface area contributed by atoms with Gasteiger partial charge in [-0.2, -0.15) is 4.31 Å². The van der Waals surface area contributed by atoms with Crippen molar-refractivity contribution in [2.45, 2.75) is 48.4 Å². The topological polar surface area (TPSA) is 102 Å². The molecule has 1 heterocycles. The highest BCUT2D eigenvalue weighted by molar-refractivity contribution is 7.89. The van der Waals surface area contributed by atoms with Gasteiger partial charge in [-0.3, -0.25) is 0 Å². The fraction of sp³-hybridized carbons (Fsp3) is 0.455. The zero-order valence-corrected chi connectivity index (χ0v) is 20.2. The molecule has 0 radical (unpaired) electrons. The van der Waals surface area contributed by atoms with Crippen LogP contribution in [0.2, 0.25) is 0 Å². The fourth-order valence-corrected chi connectivity index (χ4v) is 6.81. The number of piperidine rings is 1. The minimum absolute atomic E-state index is 0.0212. The molecule has 1 aliphatic rings. The second-order valence-corrected chi connectivity index (χ2v) is 11.4. The molecular formula is C22H30N2O6S2. The Balaban J connectivity index is 1.73. The number of ether oxygens (including phenoxy) is 2. The SMILES string of the molecule is COc1ccc(OC)c(S(=O)(=O)NCCC2CCCCN2S(=O)(=O)c2ccc(C)cc2)c1. The molecule has 2 aromatic rings. The van der Waals surface area contributed by atoms with Crippen LogP contribution in [-0.4, -0.2) is 54.5 Å². The van der Waals surface area contributed by atoms with Crippen LogP contribution in [0.1, 0.15) is 31.2 Å². The summed E-state index contributed by atoms with van der Waals surface area (Å²) in [5, 5.41) is 0. The van der Waals surface area contributed by atoms with E-state index in [4.69, 9.17) is 9.47 Å². The van der Waals surface area contributed by atoms with E-state index in [2.05, 4.69) is 4.72 Å². The number of methoxy groups -OCH3 is 2. The lowest BCUT2D eigenvalue weighted by molar-refractivity contribution is 0.242. The second-order valence-electron chi connectivity index (χ2n) is 7.78. The highest BCUT2D eigenvalue weighted by atomic mass is 32.2. The van der Waals surface area contributed by atoms with E-state index in [0.717, 1.165) is 18.4 Å². The molecule has 0 bridgehead atoms. The van der Waals surface area contributed by atoms with Crippen LogP contribution in [0.3, 0.4) is 0 Å². The minimum atomic E-state index is -3.87. The Hall–Kier alpha value is -2.14. The van der Waals surface area contributed by atoms with Crippen molar-refractivity contribution in [1.82, 2.24) is 9.03 Å². The molecule has 2 aromatic carbocycles. The summed E-state index contributed by atoms with van der Waals surface area (Å²) in [6.07, 6.45) is 2.75. The third-order valence-corrected chi connectivity index (χ3v) is 9.08. The number of hydrogen-bond donors (Lipinski definition) is 1. The molecule has 32 heavy (non-hydrogen) atoms. The summed E-state index contributed by atoms with van der Waals surface area (Å²) in [6.45, 7) is 2.44. The second kappa shape index (κ2) is 10.2. The predicted octanol–water partition coefficient (Wildman–Crippen LogP) is 2.92. The lowest BCUT2D eigenvalue weighted by atomic mass is 10.0. The number of aryl methyl sites for hydroxylation is 1. The van der Waals surface area contributed by atoms with Gasteiger partial charge in [-0.15, -0.1) is 0 Å². The van der Waals surface area contributed by atoms with Crippen LogP contribution in [0.4, 0.5) is 0 Å². The molecule has 1 atom stereocenters. The van der Waals surface area contributed by atoms with Crippen molar-refractivity contribution in [3.63, 3.8) is 0 Å². The first-order valence-corrected chi connectivity index (χ1v) is 13.4. The molecule has 1 fully saturated rings. The van der Waals surface area contributed by atoms with Gasteiger partial charge in [-0.1, -0.05) is 24.1 Å². The van der Waals surface area contributed by atoms with Crippen LogP contribution in [-0.2, 0) is 20.0 Å². The van der Waals surface area contributed by atoms with Gasteiger partial charge in [0.1, 0.15) is 16.4 Å². The molecule has 1 aliphatic heterocycles. The van der Waals surface area contributed by atoms with Crippen LogP contribution >= 0.6 is 0 Å². The van der Waals surface area contributed by atoms with E-state index in [0.29, 0.717) is 25.1 Å². The number of rotatable bonds is 9. The summed E-state index contributed by atoms with van der Waals surface area (Å²) in [7, 11) is -4.66. The number of hydrogen-bond acceptors (Lipinski definition) is 6. The van der Waals surface area contributed by atoms with E-state index >= 15 is 0 Å². The first kappa shape index (κ1) is 24.5. The van der Waals surface area contributed by atoms with Crippen molar-refractivity contribution >= 4 is 20.0 Å². The summed E-state index contributed by atoms with van der Waals surface area (Å²) >= 11 is 0. The third kappa shape index (κ3) is 5.43. The fourth-order valence-electron chi connectivity index (χ4n) is 3.86. The zero-order chi connectivity index (χ0) is 23.4. The summed E-state index contributed by atoms with van der Waals surface area (Å²) in [5.74, 6) is 0.605. The van der Waals surface area contributed by atoms with Crippen LogP contribution in [0.5, 0.6) is 11.5 Å². The van der Waals surface area contributed by atoms with Crippen LogP contribution in [0.15, 0.2) is 52.3 Å². The van der Waals surface area contributed by atoms with Crippen LogP contribution < -0.4 is 14.2 Å². The van der Waals surface area contributed by atoms with Gasteiger partial charge in [0, 0.05) is 25.2 Å². The molecule has 0 spiro atoms. The lowest BCUT2D eigenvalue weighted by Crippen LogP contribution is -2.45. The standard InChI is InChI=1S/C22H30N2O6S2/c1-17-7-10-20(11-8-17)32(27,28)24-15-5-4-6-18(24)13-14-23-31(25,26)22-16-19(29-2)9-12-21(22)30-3/h7-12,16,18,23H,4-6,13-15H2,1-3H3. The van der Waals surface area contributed by atoms with Crippen molar-refractivity contribution < 1.29 is 26.3 Å². The average Bonchev–Trinajstić information content (AvgIpc) is 2.79. The minimum Gasteiger partial charge on any atom is -0.497 e. The molecular weight excluding hydrogens is 452 g/mol. The number of nitrogens with zero attached hydrogens (tertiary/aromatic N) is 1. The van der Waals surface area contributed by atoms with E-state index in [1.807, 2.05) is 6.92 Å². The Labute approximate surface area is 190 Å². The maximum atomic E-state index is 13.2. The molecule has 10 heteroatoms. The molecule has 1 saturated heterocycles. The van der Waals surface area contributed by atoms with Gasteiger partial charge in [-0.05, 0) is 50.5 Å². The first-order valence-electron chi connectivity index (χ1n) is 10.5. The van der Waals surface area contributed by atoms with Crippen molar-refractivity contribution in [2.24, 2.45) is 0 Å². The van der Waals surface area contributed by atoms with Crippen molar-refractivity contribution in [3.8, 4) is 11.5 Å². The third-order valence-electron chi connectivity index (χ3n) is 5.63. The largest absolute Gasteiger partial charge is 0.497 e. The van der Waals surface area contributed by atoms with Crippen molar-refractivity contribution in [1.29, 1.82) is 0 Å². The quantitative estimate of drug-likeness (QED) is 0.590. The molecule has 8 nitrogen and oxygen atoms in total. The van der Waals surface area contributed by atoms with Gasteiger partial charge in [0.15, 0.2) is 0 Å². The predicted molar refractivity (Wildman–Crippen MR) is 122 cm³/mol. The van der Waals surface area contributed by atoms with Gasteiger partial charge in [-0.25, -0.2) is 21.6 Å². The van der Waals surface area contributed by atoms with Gasteiger partial charge in [0.25, 0.3) is 0 Å². The Morgan fingerprint density at radius 2 is 1.72 bits per heavy atom. The molecule has 176 valence electrons. The number of nitrogens with one attached hydrogen (secondary N) is 1. The van der Waals surface area contributed by atoms with Gasteiger partial charge in [0.2, 0.25) is 20.0 Å². The van der Waals surface area contributed by atoms with Crippen molar-refractivity contribution in [2.75, 3.05) is 27.3 Å². The van der Waals surface area contributed by atoms with Crippen LogP contribution in [0.25, 0.3) is 0 Å². The van der Waals surface area contributed by atoms with Gasteiger partial charge in [0.05, 0.1) is 19.1 Å². The van der Waals surface area contributed by atoms with Crippen LogP contribution in [0, 0.1) is 6.92 Å². The maximum Gasteiger partial charge on any atom is 0.244 e. The Bertz CT molecular complexity index is 1130. The summed E-state index contributed by atoms with van der Waals surface area (Å²) in [6, 6.07) is 11.1. The maximum absolute atomic E-state index is 13.2. The molecule has 0 saturated carbocycles. The van der Waals surface area contributed by atoms with E-state index < -0.39 is 20.0 Å². The van der Waals surface area contributed by atoms with Gasteiger partial charge >= 0.3 is 0 Å². The van der Waals surface area contributed by atoms with E-state index in [1.54, 1.807) is 30.3 Å². The lowest BCUT2D eigenvalue weighted by Gasteiger charge is -2.34. The molecule has 0 amide bonds. The smallest absolute Gasteiger partial charge is 0.244 e. The Kier molecular flexibility index (Phi) is 7.81. The molecule has 1 unspecified atom stereocenters. The summed E-state index contributed by atoms with van der Waals surface area (Å²) in [4.78, 5) is 0.240. The monoisotopic (exact) mass is 482 g/mol. The summed E-state index contributed by atoms with van der Waals surface area (Å²) < 4.78 is 66.6. The van der Waals surface area contributed by atoms with Crippen molar-refractivity contribution in [3.05, 3.63) is 48.0 Å². The first-order chi connectivity index (χ1) is 15.2. The van der Waals surface area contributed by atoms with E-state index in [9.17, 15) is 16.8 Å². The zero-order valence-electron chi connectivity index (χ0n) is 18.6. The number of sulfonamides is 2. The highest BCUT2D eigenvalue weighted by Gasteiger charge is 2.33. The van der Waals surface area contributed by atoms with E-state index in [-0.39, 0.29) is 28.1 Å². The average molecular weight is 483 g/mol. The normalized spacial score (nSPS) is 17.8. The molecule has 0 aliphatic carbocycles. The van der Waals surface area contributed by atoms with E-state index in [1.165, 1.54) is 30.7 Å². The van der Waals surface area contributed by atoms with Gasteiger partial charge < -0.3 is 9.47 Å². The molecule has 0 aromatic heterocycles. The molecule has 3 rings (SSSR count). The Morgan fingerprint density at radius 3 is 2.38 bits per heavy atom. The summed E-state index contributed by atoms with van der Waals surface area (Å²) in [5.41, 5.74) is 0.988. The highest BCUT2D eigenvalue weighted by Crippen LogP contribution is 2.29. The molecule has 1 N–H and O–H groups in total. The Morgan fingerprint density at radius 1 is 1.00 bits per heavy atom.